The van der Waals surface area contributed by atoms with Crippen molar-refractivity contribution in [2.75, 3.05) is 0 Å². The molecule has 0 bridgehead atoms. The molecule has 0 aliphatic rings. The fourth-order valence-corrected chi connectivity index (χ4v) is 5.22. The molecule has 188 valence electrons. The molecule has 4 heteroatoms. The van der Waals surface area contributed by atoms with E-state index >= 15 is 0 Å². The Morgan fingerprint density at radius 2 is 1.57 bits per heavy atom. The lowest BCUT2D eigenvalue weighted by atomic mass is 9.89. The summed E-state index contributed by atoms with van der Waals surface area (Å²) in [4.78, 5) is 12.2. The molecule has 1 heterocycles. The van der Waals surface area contributed by atoms with Crippen LogP contribution in [-0.2, 0) is 24.1 Å². The summed E-state index contributed by atoms with van der Waals surface area (Å²) in [7, 11) is 0. The highest BCUT2D eigenvalue weighted by Gasteiger charge is 2.24. The monoisotopic (exact) mass is 492 g/mol. The highest BCUT2D eigenvalue weighted by atomic mass is 16.5. The predicted octanol–water partition coefficient (Wildman–Crippen LogP) is 8.07. The molecule has 0 unspecified atom stereocenters. The van der Waals surface area contributed by atoms with Crippen molar-refractivity contribution in [1.82, 2.24) is 0 Å². The summed E-state index contributed by atoms with van der Waals surface area (Å²) in [6.45, 7) is 8.29. The van der Waals surface area contributed by atoms with Gasteiger partial charge in [-0.25, -0.2) is 4.79 Å². The molecule has 0 saturated carbocycles. The van der Waals surface area contributed by atoms with Crippen LogP contribution in [0.25, 0.3) is 32.9 Å². The lowest BCUT2D eigenvalue weighted by molar-refractivity contribution is -0.145. The summed E-state index contributed by atoms with van der Waals surface area (Å²) < 4.78 is 12.5. The number of carboxylic acid groups (broad SMARTS) is 1. The van der Waals surface area contributed by atoms with Gasteiger partial charge >= 0.3 is 5.97 Å². The first kappa shape index (κ1) is 24.6. The van der Waals surface area contributed by atoms with Crippen molar-refractivity contribution in [3.8, 4) is 16.9 Å². The molecule has 0 aliphatic carbocycles. The summed E-state index contributed by atoms with van der Waals surface area (Å²) in [6, 6.07) is 24.5. The van der Waals surface area contributed by atoms with Gasteiger partial charge < -0.3 is 14.3 Å². The Morgan fingerprint density at radius 3 is 2.22 bits per heavy atom. The molecule has 5 rings (SSSR count). The van der Waals surface area contributed by atoms with Crippen LogP contribution >= 0.6 is 0 Å². The first-order chi connectivity index (χ1) is 17.9. The first-order valence-electron chi connectivity index (χ1n) is 12.9. The van der Waals surface area contributed by atoms with Gasteiger partial charge in [0.25, 0.3) is 0 Å². The Kier molecular flexibility index (Phi) is 6.75. The number of rotatable bonds is 8. The van der Waals surface area contributed by atoms with E-state index in [2.05, 4.69) is 57.2 Å². The highest BCUT2D eigenvalue weighted by molar-refractivity contribution is 6.12. The molecule has 1 atom stereocenters. The minimum Gasteiger partial charge on any atom is -0.478 e. The van der Waals surface area contributed by atoms with Gasteiger partial charge in [-0.2, -0.15) is 0 Å². The standard InChI is InChI=1S/C33H32O4/c1-5-23-17-26(31-27-15-11-10-14-25(27)19-28-30(31)20(3)21(4)36-28)18-24(6-2)32(23)37-29(33(34)35)16-22-12-8-7-9-13-22/h7-15,17-19,29H,5-6,16H2,1-4H3,(H,34,35)/t29-/m1/s1. The van der Waals surface area contributed by atoms with Crippen LogP contribution in [0.1, 0.15) is 41.9 Å². The van der Waals surface area contributed by atoms with Crippen LogP contribution < -0.4 is 4.74 Å². The van der Waals surface area contributed by atoms with Gasteiger partial charge in [0.2, 0.25) is 0 Å². The number of fused-ring (bicyclic) bond motifs is 2. The lowest BCUT2D eigenvalue weighted by Crippen LogP contribution is -2.30. The zero-order valence-electron chi connectivity index (χ0n) is 21.8. The zero-order chi connectivity index (χ0) is 26.1. The summed E-state index contributed by atoms with van der Waals surface area (Å²) in [5, 5.41) is 13.4. The van der Waals surface area contributed by atoms with Gasteiger partial charge in [-0.05, 0) is 83.5 Å². The third-order valence-corrected chi connectivity index (χ3v) is 7.27. The molecular weight excluding hydrogens is 460 g/mol. The highest BCUT2D eigenvalue weighted by Crippen LogP contribution is 2.42. The second kappa shape index (κ2) is 10.1. The van der Waals surface area contributed by atoms with Gasteiger partial charge in [0.15, 0.2) is 6.10 Å². The molecule has 0 radical (unpaired) electrons. The van der Waals surface area contributed by atoms with Crippen LogP contribution in [0.4, 0.5) is 0 Å². The van der Waals surface area contributed by atoms with E-state index in [1.54, 1.807) is 0 Å². The van der Waals surface area contributed by atoms with Gasteiger partial charge in [0, 0.05) is 17.4 Å². The smallest absolute Gasteiger partial charge is 0.345 e. The normalized spacial score (nSPS) is 12.2. The second-order valence-electron chi connectivity index (χ2n) is 9.59. The molecular formula is C33H32O4. The van der Waals surface area contributed by atoms with E-state index in [0.717, 1.165) is 68.3 Å². The molecule has 1 aromatic heterocycles. The number of carbonyl (C=O) groups is 1. The molecule has 0 spiro atoms. The van der Waals surface area contributed by atoms with Crippen LogP contribution in [-0.4, -0.2) is 17.2 Å². The van der Waals surface area contributed by atoms with Gasteiger partial charge in [-0.1, -0.05) is 68.4 Å². The molecule has 37 heavy (non-hydrogen) atoms. The molecule has 0 saturated heterocycles. The number of hydrogen-bond acceptors (Lipinski definition) is 3. The SMILES string of the molecule is CCc1cc(-c2c3ccccc3cc3oc(C)c(C)c23)cc(CC)c1O[C@H](Cc1ccccc1)C(=O)O. The van der Waals surface area contributed by atoms with Gasteiger partial charge in [-0.3, -0.25) is 0 Å². The molecule has 0 amide bonds. The van der Waals surface area contributed by atoms with E-state index in [1.807, 2.05) is 43.3 Å². The Hall–Kier alpha value is -4.05. The number of hydrogen-bond donors (Lipinski definition) is 1. The number of benzene rings is 4. The Labute approximate surface area is 217 Å². The number of aliphatic carboxylic acids is 1. The third kappa shape index (κ3) is 4.60. The van der Waals surface area contributed by atoms with E-state index in [9.17, 15) is 9.90 Å². The minimum absolute atomic E-state index is 0.307. The number of furan rings is 1. The number of carboxylic acids is 1. The van der Waals surface area contributed by atoms with E-state index in [-0.39, 0.29) is 0 Å². The van der Waals surface area contributed by atoms with Crippen molar-refractivity contribution in [2.24, 2.45) is 0 Å². The van der Waals surface area contributed by atoms with E-state index in [1.165, 1.54) is 5.39 Å². The predicted molar refractivity (Wildman–Crippen MR) is 150 cm³/mol. The Morgan fingerprint density at radius 1 is 0.919 bits per heavy atom. The summed E-state index contributed by atoms with van der Waals surface area (Å²) in [6.07, 6.45) is 0.796. The maximum Gasteiger partial charge on any atom is 0.345 e. The molecule has 0 fully saturated rings. The zero-order valence-corrected chi connectivity index (χ0v) is 21.8. The van der Waals surface area contributed by atoms with Crippen LogP contribution in [0.2, 0.25) is 0 Å². The third-order valence-electron chi connectivity index (χ3n) is 7.27. The van der Waals surface area contributed by atoms with Crippen LogP contribution in [0.3, 0.4) is 0 Å². The van der Waals surface area contributed by atoms with Gasteiger partial charge in [0.1, 0.15) is 17.1 Å². The quantitative estimate of drug-likeness (QED) is 0.238. The Bertz CT molecular complexity index is 1570. The first-order valence-corrected chi connectivity index (χ1v) is 12.9. The summed E-state index contributed by atoms with van der Waals surface area (Å²) in [5.41, 5.74) is 7.22. The van der Waals surface area contributed by atoms with Crippen molar-refractivity contribution in [1.29, 1.82) is 0 Å². The van der Waals surface area contributed by atoms with E-state index in [4.69, 9.17) is 9.15 Å². The van der Waals surface area contributed by atoms with Gasteiger partial charge in [0.05, 0.1) is 0 Å². The topological polar surface area (TPSA) is 59.7 Å². The van der Waals surface area contributed by atoms with Crippen LogP contribution in [0.5, 0.6) is 5.75 Å². The molecule has 0 aliphatic heterocycles. The lowest BCUT2D eigenvalue weighted by Gasteiger charge is -2.22. The molecule has 5 aromatic rings. The average Bonchev–Trinajstić information content (AvgIpc) is 3.19. The fourth-order valence-electron chi connectivity index (χ4n) is 5.22. The van der Waals surface area contributed by atoms with Crippen LogP contribution in [0, 0.1) is 13.8 Å². The summed E-state index contributed by atoms with van der Waals surface area (Å²) >= 11 is 0. The average molecular weight is 493 g/mol. The van der Waals surface area contributed by atoms with Crippen molar-refractivity contribution in [2.45, 2.75) is 53.1 Å². The Balaban J connectivity index is 1.67. The maximum atomic E-state index is 12.2. The van der Waals surface area contributed by atoms with E-state index < -0.39 is 12.1 Å². The molecule has 4 nitrogen and oxygen atoms in total. The number of ether oxygens (including phenoxy) is 1. The van der Waals surface area contributed by atoms with Gasteiger partial charge in [-0.15, -0.1) is 0 Å². The van der Waals surface area contributed by atoms with E-state index in [0.29, 0.717) is 12.2 Å². The second-order valence-corrected chi connectivity index (χ2v) is 9.59. The van der Waals surface area contributed by atoms with Crippen molar-refractivity contribution < 1.29 is 19.1 Å². The van der Waals surface area contributed by atoms with Crippen molar-refractivity contribution in [3.05, 3.63) is 101 Å². The summed E-state index contributed by atoms with van der Waals surface area (Å²) in [5.74, 6) is 0.647. The molecule has 1 N–H and O–H groups in total. The van der Waals surface area contributed by atoms with Crippen molar-refractivity contribution >= 4 is 27.7 Å². The fraction of sp³-hybridized carbons (Fsp3) is 0.242. The number of aryl methyl sites for hydroxylation is 4. The maximum absolute atomic E-state index is 12.2. The minimum atomic E-state index is -0.966. The van der Waals surface area contributed by atoms with Crippen molar-refractivity contribution in [3.63, 3.8) is 0 Å². The largest absolute Gasteiger partial charge is 0.478 e. The molecule has 4 aromatic carbocycles. The van der Waals surface area contributed by atoms with Crippen LogP contribution in [0.15, 0.2) is 77.2 Å².